The van der Waals surface area contributed by atoms with Crippen molar-refractivity contribution in [1.29, 1.82) is 0 Å². The number of hydrogen-bond acceptors (Lipinski definition) is 13. The van der Waals surface area contributed by atoms with Crippen LogP contribution in [0.5, 0.6) is 23.0 Å². The Bertz CT molecular complexity index is 1940. The molecule has 2 N–H and O–H groups in total. The second-order valence-electron chi connectivity index (χ2n) is 10.6. The first-order chi connectivity index (χ1) is 23.6. The number of methoxy groups -OCH3 is 2. The number of phenolic OH excluding ortho intramolecular Hbond substituents is 2. The molecule has 4 aromatic rings. The Morgan fingerprint density at radius 3 is 1.43 bits per heavy atom. The van der Waals surface area contributed by atoms with Crippen molar-refractivity contribution in [3.8, 4) is 23.0 Å². The van der Waals surface area contributed by atoms with E-state index in [9.17, 15) is 35.2 Å². The van der Waals surface area contributed by atoms with Crippen LogP contribution in [0.2, 0.25) is 0 Å². The van der Waals surface area contributed by atoms with E-state index in [2.05, 4.69) is 20.5 Å². The Hall–Kier alpha value is -6.77. The van der Waals surface area contributed by atoms with E-state index < -0.39 is 9.85 Å². The molecule has 0 heterocycles. The summed E-state index contributed by atoms with van der Waals surface area (Å²) < 4.78 is 10.1. The molecule has 0 bridgehead atoms. The molecule has 0 saturated heterocycles. The van der Waals surface area contributed by atoms with Gasteiger partial charge in [0.1, 0.15) is 34.4 Å². The largest absolute Gasteiger partial charge is 0.506 e. The van der Waals surface area contributed by atoms with Gasteiger partial charge in [0, 0.05) is 11.1 Å². The predicted octanol–water partition coefficient (Wildman–Crippen LogP) is 8.98. The number of ether oxygens (including phenoxy) is 2. The summed E-state index contributed by atoms with van der Waals surface area (Å²) in [4.78, 5) is 35.3. The first-order valence-corrected chi connectivity index (χ1v) is 14.7. The molecule has 1 aliphatic rings. The second-order valence-corrected chi connectivity index (χ2v) is 10.6. The van der Waals surface area contributed by atoms with Crippen molar-refractivity contribution in [2.45, 2.75) is 19.3 Å². The lowest BCUT2D eigenvalue weighted by Crippen LogP contribution is -2.12. The maximum absolute atomic E-state index is 13.5. The Morgan fingerprint density at radius 1 is 0.633 bits per heavy atom. The van der Waals surface area contributed by atoms with Crippen LogP contribution in [-0.2, 0) is 4.79 Å². The van der Waals surface area contributed by atoms with Gasteiger partial charge in [0.25, 0.3) is 11.4 Å². The van der Waals surface area contributed by atoms with E-state index >= 15 is 0 Å². The number of carbonyl (C=O) groups is 1. The molecule has 0 spiro atoms. The lowest BCUT2D eigenvalue weighted by Gasteiger charge is -2.17. The molecule has 15 nitrogen and oxygen atoms in total. The minimum Gasteiger partial charge on any atom is -0.506 e. The van der Waals surface area contributed by atoms with Crippen molar-refractivity contribution in [1.82, 2.24) is 0 Å². The molecule has 15 heteroatoms. The standard InChI is InChI=1S/C34H28N6O9/c1-48-24-8-10-26(30(18-24)39(44)45)35-37-28-16-20(6-12-32(28)41)14-22-4-3-5-23(34(22)43)15-21-7-13-33(42)29(17-21)38-36-27-11-9-25(49-2)19-31(27)40(46)47/h6-19,41-42H,3-5H2,1-2H3/b22-14-,23-15+,37-35?,38-36?. The molecule has 0 aliphatic heterocycles. The van der Waals surface area contributed by atoms with Crippen LogP contribution in [0.15, 0.2) is 104 Å². The highest BCUT2D eigenvalue weighted by atomic mass is 16.6. The summed E-state index contributed by atoms with van der Waals surface area (Å²) >= 11 is 0. The Morgan fingerprint density at radius 2 is 1.04 bits per heavy atom. The quantitative estimate of drug-likeness (QED) is 0.0715. The molecule has 1 saturated carbocycles. The zero-order valence-electron chi connectivity index (χ0n) is 26.1. The molecule has 0 amide bonds. The number of aromatic hydroxyl groups is 2. The van der Waals surface area contributed by atoms with E-state index in [1.165, 1.54) is 74.9 Å². The van der Waals surface area contributed by atoms with Crippen LogP contribution >= 0.6 is 0 Å². The van der Waals surface area contributed by atoms with E-state index in [1.54, 1.807) is 24.3 Å². The highest BCUT2D eigenvalue weighted by molar-refractivity contribution is 6.14. The number of benzene rings is 4. The van der Waals surface area contributed by atoms with E-state index in [4.69, 9.17) is 9.47 Å². The number of nitrogens with zero attached hydrogens (tertiary/aromatic N) is 6. The summed E-state index contributed by atoms with van der Waals surface area (Å²) in [5.41, 5.74) is 1.52. The fourth-order valence-electron chi connectivity index (χ4n) is 4.94. The third kappa shape index (κ3) is 7.97. The third-order valence-corrected chi connectivity index (χ3v) is 7.45. The summed E-state index contributed by atoms with van der Waals surface area (Å²) in [6.45, 7) is 0. The SMILES string of the molecule is COc1ccc(N=Nc2cc(/C=C3/CCC/C(=C\c4ccc(O)c(N=Nc5ccc(OC)cc5[N+](=O)[O-])c4)C3=O)ccc2O)c([N+](=O)[O-])c1. The van der Waals surface area contributed by atoms with Crippen molar-refractivity contribution >= 4 is 52.1 Å². The lowest BCUT2D eigenvalue weighted by atomic mass is 9.86. The molecule has 0 radical (unpaired) electrons. The summed E-state index contributed by atoms with van der Waals surface area (Å²) in [6.07, 6.45) is 5.05. The maximum atomic E-state index is 13.5. The summed E-state index contributed by atoms with van der Waals surface area (Å²) in [5.74, 6) is -0.0513. The molecule has 0 aromatic heterocycles. The van der Waals surface area contributed by atoms with Crippen LogP contribution in [0.4, 0.5) is 34.1 Å². The Kier molecular flexibility index (Phi) is 10.1. The van der Waals surface area contributed by atoms with Crippen LogP contribution in [0.3, 0.4) is 0 Å². The van der Waals surface area contributed by atoms with Gasteiger partial charge >= 0.3 is 0 Å². The van der Waals surface area contributed by atoms with Gasteiger partial charge < -0.3 is 19.7 Å². The monoisotopic (exact) mass is 664 g/mol. The van der Waals surface area contributed by atoms with Crippen LogP contribution in [0.25, 0.3) is 12.2 Å². The van der Waals surface area contributed by atoms with Gasteiger partial charge in [-0.1, -0.05) is 12.1 Å². The minimum absolute atomic E-state index is 0.0351. The average Bonchev–Trinajstić information content (AvgIpc) is 3.10. The highest BCUT2D eigenvalue weighted by Gasteiger charge is 2.21. The van der Waals surface area contributed by atoms with Gasteiger partial charge in [-0.25, -0.2) is 0 Å². The lowest BCUT2D eigenvalue weighted by molar-refractivity contribution is -0.384. The third-order valence-electron chi connectivity index (χ3n) is 7.45. The fourth-order valence-corrected chi connectivity index (χ4v) is 4.94. The van der Waals surface area contributed by atoms with Crippen LogP contribution < -0.4 is 9.47 Å². The van der Waals surface area contributed by atoms with Crippen LogP contribution in [0, 0.1) is 20.2 Å². The van der Waals surface area contributed by atoms with Gasteiger partial charge in [0.05, 0.1) is 36.2 Å². The van der Waals surface area contributed by atoms with Crippen LogP contribution in [0.1, 0.15) is 30.4 Å². The van der Waals surface area contributed by atoms with Crippen molar-refractivity contribution in [3.05, 3.63) is 115 Å². The molecule has 0 atom stereocenters. The van der Waals surface area contributed by atoms with E-state index in [0.717, 1.165) is 0 Å². The topological polar surface area (TPSA) is 212 Å². The molecule has 248 valence electrons. The summed E-state index contributed by atoms with van der Waals surface area (Å²) in [6, 6.07) is 17.2. The number of nitro groups is 2. The van der Waals surface area contributed by atoms with Gasteiger partial charge in [-0.3, -0.25) is 25.0 Å². The fraction of sp³-hybridized carbons (Fsp3) is 0.147. The summed E-state index contributed by atoms with van der Waals surface area (Å²) in [7, 11) is 2.77. The number of allylic oxidation sites excluding steroid dienone is 2. The number of rotatable bonds is 10. The minimum atomic E-state index is -0.614. The Balaban J connectivity index is 1.38. The number of carbonyl (C=O) groups excluding carboxylic acids is 1. The van der Waals surface area contributed by atoms with Crippen molar-refractivity contribution < 1.29 is 34.3 Å². The van der Waals surface area contributed by atoms with Crippen molar-refractivity contribution in [2.24, 2.45) is 20.5 Å². The molecule has 5 rings (SSSR count). The molecule has 1 fully saturated rings. The number of azo groups is 2. The molecule has 0 unspecified atom stereocenters. The molecule has 49 heavy (non-hydrogen) atoms. The van der Waals surface area contributed by atoms with Gasteiger partial charge in [0.2, 0.25) is 0 Å². The molecular weight excluding hydrogens is 636 g/mol. The number of nitro benzene ring substituents is 2. The van der Waals surface area contributed by atoms with Crippen LogP contribution in [-0.4, -0.2) is 40.1 Å². The van der Waals surface area contributed by atoms with E-state index in [-0.39, 0.29) is 62.9 Å². The zero-order valence-corrected chi connectivity index (χ0v) is 26.1. The zero-order chi connectivity index (χ0) is 35.1. The number of Topliss-reactive ketones (excluding diaryl/α,β-unsaturated/α-hetero) is 1. The first kappa shape index (κ1) is 33.6. The number of hydrogen-bond donors (Lipinski definition) is 2. The van der Waals surface area contributed by atoms with Crippen molar-refractivity contribution in [3.63, 3.8) is 0 Å². The first-order valence-electron chi connectivity index (χ1n) is 14.7. The molecule has 4 aromatic carbocycles. The smallest absolute Gasteiger partial charge is 0.300 e. The Labute approximate surface area is 278 Å². The molecular formula is C34H28N6O9. The number of ketones is 1. The van der Waals surface area contributed by atoms with Gasteiger partial charge in [0.15, 0.2) is 17.2 Å². The average molecular weight is 665 g/mol. The number of phenols is 2. The van der Waals surface area contributed by atoms with Gasteiger partial charge in [-0.2, -0.15) is 0 Å². The van der Waals surface area contributed by atoms with E-state index in [0.29, 0.717) is 41.5 Å². The van der Waals surface area contributed by atoms with Crippen molar-refractivity contribution in [2.75, 3.05) is 14.2 Å². The summed E-state index contributed by atoms with van der Waals surface area (Å²) in [5, 5.41) is 59.7. The molecule has 1 aliphatic carbocycles. The second kappa shape index (κ2) is 14.8. The van der Waals surface area contributed by atoms with E-state index in [1.807, 2.05) is 0 Å². The predicted molar refractivity (Wildman–Crippen MR) is 179 cm³/mol. The van der Waals surface area contributed by atoms with Gasteiger partial charge in [-0.05, 0) is 91.1 Å². The maximum Gasteiger partial charge on any atom is 0.300 e. The highest BCUT2D eigenvalue weighted by Crippen LogP contribution is 2.37. The normalized spacial score (nSPS) is 14.9. The van der Waals surface area contributed by atoms with Gasteiger partial charge in [-0.15, -0.1) is 20.5 Å².